The molecule has 0 aromatic heterocycles. The first-order chi connectivity index (χ1) is 19.1. The molecule has 9 heteroatoms. The first-order valence-electron chi connectivity index (χ1n) is 14.1. The van der Waals surface area contributed by atoms with Crippen molar-refractivity contribution in [1.82, 2.24) is 21.3 Å². The molecule has 4 amide bonds. The second-order valence-electron chi connectivity index (χ2n) is 12.3. The number of hydrogen-bond donors (Lipinski definition) is 4. The summed E-state index contributed by atoms with van der Waals surface area (Å²) in [6.45, 7) is 14.0. The maximum atomic E-state index is 13.8. The Morgan fingerprint density at radius 1 is 0.756 bits per heavy atom. The third kappa shape index (κ3) is 10.6. The second kappa shape index (κ2) is 14.1. The maximum Gasteiger partial charge on any atom is 0.408 e. The van der Waals surface area contributed by atoms with Crippen LogP contribution in [0.4, 0.5) is 4.79 Å². The van der Waals surface area contributed by atoms with E-state index in [1.54, 1.807) is 48.5 Å². The average Bonchev–Trinajstić information content (AvgIpc) is 2.88. The topological polar surface area (TPSA) is 126 Å². The van der Waals surface area contributed by atoms with Gasteiger partial charge in [0.25, 0.3) is 0 Å². The second-order valence-corrected chi connectivity index (χ2v) is 12.3. The lowest BCUT2D eigenvalue weighted by Crippen LogP contribution is -2.59. The van der Waals surface area contributed by atoms with E-state index < -0.39 is 40.6 Å². The summed E-state index contributed by atoms with van der Waals surface area (Å²) in [6.07, 6.45) is 0.394. The summed E-state index contributed by atoms with van der Waals surface area (Å²) in [6, 6.07) is 18.0. The third-order valence-electron chi connectivity index (χ3n) is 6.46. The van der Waals surface area contributed by atoms with Gasteiger partial charge < -0.3 is 26.0 Å². The van der Waals surface area contributed by atoms with Gasteiger partial charge in [-0.2, -0.15) is 0 Å². The van der Waals surface area contributed by atoms with Crippen LogP contribution in [-0.2, 0) is 25.7 Å². The number of hydrogen-bond acceptors (Lipinski definition) is 5. The molecule has 2 rings (SSSR count). The Kier molecular flexibility index (Phi) is 11.5. The Morgan fingerprint density at radius 3 is 1.83 bits per heavy atom. The van der Waals surface area contributed by atoms with E-state index in [-0.39, 0.29) is 11.8 Å². The van der Waals surface area contributed by atoms with E-state index >= 15 is 0 Å². The normalized spacial score (nSPS) is 13.4. The van der Waals surface area contributed by atoms with Crippen molar-refractivity contribution in [2.24, 2.45) is 5.92 Å². The summed E-state index contributed by atoms with van der Waals surface area (Å²) < 4.78 is 5.33. The Balaban J connectivity index is 2.26. The summed E-state index contributed by atoms with van der Waals surface area (Å²) in [5.74, 6) is -1.86. The van der Waals surface area contributed by atoms with Gasteiger partial charge in [-0.25, -0.2) is 4.79 Å². The molecule has 0 heterocycles. The van der Waals surface area contributed by atoms with Crippen LogP contribution in [0.2, 0.25) is 0 Å². The van der Waals surface area contributed by atoms with Crippen molar-refractivity contribution < 1.29 is 23.9 Å². The molecule has 0 saturated carbocycles. The highest BCUT2D eigenvalue weighted by atomic mass is 16.6. The highest BCUT2D eigenvalue weighted by molar-refractivity contribution is 5.93. The quantitative estimate of drug-likeness (QED) is 0.294. The fourth-order valence-corrected chi connectivity index (χ4v) is 4.23. The molecule has 2 atom stereocenters. The number of benzene rings is 2. The molecule has 2 aromatic carbocycles. The van der Waals surface area contributed by atoms with Crippen LogP contribution in [0.3, 0.4) is 0 Å². The molecule has 0 fully saturated rings. The first-order valence-corrected chi connectivity index (χ1v) is 14.1. The summed E-state index contributed by atoms with van der Waals surface area (Å²) >= 11 is 0. The van der Waals surface area contributed by atoms with E-state index in [1.165, 1.54) is 0 Å². The predicted molar refractivity (Wildman–Crippen MR) is 160 cm³/mol. The largest absolute Gasteiger partial charge is 0.444 e. The Hall–Kier alpha value is -3.88. The summed E-state index contributed by atoms with van der Waals surface area (Å²) in [4.78, 5) is 52.8. The fraction of sp³-hybridized carbons (Fsp3) is 0.500. The number of ether oxygens (including phenoxy) is 1. The van der Waals surface area contributed by atoms with Crippen LogP contribution in [0.1, 0.15) is 85.4 Å². The van der Waals surface area contributed by atoms with Gasteiger partial charge in [-0.05, 0) is 66.0 Å². The average molecular weight is 567 g/mol. The van der Waals surface area contributed by atoms with Crippen LogP contribution in [0, 0.1) is 5.92 Å². The number of alkyl carbamates (subject to hydrolysis) is 1. The molecule has 0 radical (unpaired) electrons. The van der Waals surface area contributed by atoms with E-state index in [1.807, 2.05) is 67.6 Å². The summed E-state index contributed by atoms with van der Waals surface area (Å²) in [5, 5.41) is 11.4. The van der Waals surface area contributed by atoms with E-state index in [0.29, 0.717) is 19.4 Å². The lowest BCUT2D eigenvalue weighted by atomic mass is 9.86. The molecule has 0 bridgehead atoms. The van der Waals surface area contributed by atoms with E-state index in [0.717, 1.165) is 11.1 Å². The van der Waals surface area contributed by atoms with Gasteiger partial charge in [-0.15, -0.1) is 0 Å². The number of carbonyl (C=O) groups is 4. The number of rotatable bonds is 12. The SMILES string of the molecule is CCC[C@@H](C(=O)NC(C)(C)C(=O)NCc1ccccc1)[C@@H](NC(=O)C(C)(C)NC(=O)OC(C)(C)C)c1ccccc1. The van der Waals surface area contributed by atoms with Gasteiger partial charge in [0.15, 0.2) is 0 Å². The Morgan fingerprint density at radius 2 is 1.29 bits per heavy atom. The minimum absolute atomic E-state index is 0.326. The lowest BCUT2D eigenvalue weighted by molar-refractivity contribution is -0.136. The zero-order chi connectivity index (χ0) is 30.8. The van der Waals surface area contributed by atoms with E-state index in [4.69, 9.17) is 4.74 Å². The van der Waals surface area contributed by atoms with Crippen molar-refractivity contribution >= 4 is 23.8 Å². The standard InChI is InChI=1S/C32H46N4O5/c1-9-16-24(26(37)35-31(5,6)27(38)33-21-22-17-12-10-13-18-22)25(23-19-14-11-15-20-23)34-28(39)32(7,8)36-29(40)41-30(2,3)4/h10-15,17-20,24-25H,9,16,21H2,1-8H3,(H,33,38)(H,34,39)(H,35,37)(H,36,40)/t24-,25+/m1/s1. The van der Waals surface area contributed by atoms with Gasteiger partial charge in [0.2, 0.25) is 17.7 Å². The van der Waals surface area contributed by atoms with Crippen molar-refractivity contribution in [2.75, 3.05) is 0 Å². The predicted octanol–water partition coefficient (Wildman–Crippen LogP) is 4.77. The number of carbonyl (C=O) groups excluding carboxylic acids is 4. The van der Waals surface area contributed by atoms with Gasteiger partial charge in [-0.3, -0.25) is 14.4 Å². The van der Waals surface area contributed by atoms with Crippen molar-refractivity contribution in [3.05, 3.63) is 71.8 Å². The maximum absolute atomic E-state index is 13.8. The van der Waals surface area contributed by atoms with Crippen molar-refractivity contribution in [3.63, 3.8) is 0 Å². The lowest BCUT2D eigenvalue weighted by Gasteiger charge is -2.34. The van der Waals surface area contributed by atoms with Crippen molar-refractivity contribution in [2.45, 2.75) is 97.5 Å². The minimum atomic E-state index is -1.33. The van der Waals surface area contributed by atoms with Crippen molar-refractivity contribution in [1.29, 1.82) is 0 Å². The van der Waals surface area contributed by atoms with Crippen LogP contribution in [-0.4, -0.2) is 40.5 Å². The molecule has 0 aliphatic carbocycles. The Bertz CT molecular complexity index is 1170. The molecule has 0 aliphatic rings. The zero-order valence-electron chi connectivity index (χ0n) is 25.6. The van der Waals surface area contributed by atoms with Crippen molar-refractivity contribution in [3.8, 4) is 0 Å². The molecule has 0 unspecified atom stereocenters. The van der Waals surface area contributed by atoms with Crippen LogP contribution >= 0.6 is 0 Å². The zero-order valence-corrected chi connectivity index (χ0v) is 25.6. The van der Waals surface area contributed by atoms with Crippen LogP contribution in [0.5, 0.6) is 0 Å². The van der Waals surface area contributed by atoms with Gasteiger partial charge in [0, 0.05) is 6.54 Å². The smallest absolute Gasteiger partial charge is 0.408 e. The summed E-state index contributed by atoms with van der Waals surface area (Å²) in [5.41, 5.74) is -1.59. The summed E-state index contributed by atoms with van der Waals surface area (Å²) in [7, 11) is 0. The molecule has 0 spiro atoms. The van der Waals surface area contributed by atoms with Crippen LogP contribution < -0.4 is 21.3 Å². The van der Waals surface area contributed by atoms with Crippen LogP contribution in [0.15, 0.2) is 60.7 Å². The van der Waals surface area contributed by atoms with Crippen LogP contribution in [0.25, 0.3) is 0 Å². The highest BCUT2D eigenvalue weighted by Crippen LogP contribution is 2.28. The molecule has 0 saturated heterocycles. The molecular weight excluding hydrogens is 520 g/mol. The Labute approximate surface area is 244 Å². The van der Waals surface area contributed by atoms with Gasteiger partial charge >= 0.3 is 6.09 Å². The van der Waals surface area contributed by atoms with E-state index in [2.05, 4.69) is 21.3 Å². The third-order valence-corrected chi connectivity index (χ3v) is 6.46. The molecule has 224 valence electrons. The molecule has 4 N–H and O–H groups in total. The highest BCUT2D eigenvalue weighted by Gasteiger charge is 2.39. The first kappa shape index (κ1) is 33.3. The van der Waals surface area contributed by atoms with Gasteiger partial charge in [-0.1, -0.05) is 74.0 Å². The van der Waals surface area contributed by atoms with Gasteiger partial charge in [0.05, 0.1) is 12.0 Å². The molecular formula is C32H46N4O5. The van der Waals surface area contributed by atoms with E-state index in [9.17, 15) is 19.2 Å². The molecule has 9 nitrogen and oxygen atoms in total. The molecule has 2 aromatic rings. The number of nitrogens with one attached hydrogen (secondary N) is 4. The van der Waals surface area contributed by atoms with Gasteiger partial charge in [0.1, 0.15) is 16.7 Å². The number of amides is 4. The molecule has 41 heavy (non-hydrogen) atoms. The monoisotopic (exact) mass is 566 g/mol. The minimum Gasteiger partial charge on any atom is -0.444 e. The molecule has 0 aliphatic heterocycles. The fourth-order valence-electron chi connectivity index (χ4n) is 4.23.